The molecule has 4 heteroatoms. The number of hydrogen-bond acceptors (Lipinski definition) is 2. The maximum Gasteiger partial charge on any atom is 0.306 e. The van der Waals surface area contributed by atoms with Crippen LogP contribution in [0.4, 0.5) is 0 Å². The Labute approximate surface area is 121 Å². The van der Waals surface area contributed by atoms with Crippen LogP contribution >= 0.6 is 0 Å². The molecular weight excluding hydrogens is 254 g/mol. The van der Waals surface area contributed by atoms with Crippen LogP contribution in [0.1, 0.15) is 52.4 Å². The van der Waals surface area contributed by atoms with E-state index < -0.39 is 5.97 Å². The molecular formula is C16H27NO3. The zero-order valence-electron chi connectivity index (χ0n) is 12.7. The van der Waals surface area contributed by atoms with Gasteiger partial charge in [0.2, 0.25) is 5.91 Å². The van der Waals surface area contributed by atoms with Crippen LogP contribution < -0.4 is 0 Å². The SMILES string of the molecule is CC(C)CC1CCN(C(=O)C2CCCC(C(=O)O)C2)C1. The minimum Gasteiger partial charge on any atom is -0.481 e. The lowest BCUT2D eigenvalue weighted by Crippen LogP contribution is -2.38. The molecule has 1 heterocycles. The Kier molecular flexibility index (Phi) is 5.06. The second-order valence-corrected chi connectivity index (χ2v) is 6.97. The van der Waals surface area contributed by atoms with Crippen molar-refractivity contribution in [1.29, 1.82) is 0 Å². The monoisotopic (exact) mass is 281 g/mol. The van der Waals surface area contributed by atoms with Gasteiger partial charge in [0.05, 0.1) is 5.92 Å². The van der Waals surface area contributed by atoms with Gasteiger partial charge >= 0.3 is 5.97 Å². The van der Waals surface area contributed by atoms with Crippen LogP contribution in [0.5, 0.6) is 0 Å². The summed E-state index contributed by atoms with van der Waals surface area (Å²) in [4.78, 5) is 25.6. The molecule has 0 aromatic carbocycles. The van der Waals surface area contributed by atoms with Crippen LogP contribution in [0.15, 0.2) is 0 Å². The smallest absolute Gasteiger partial charge is 0.306 e. The van der Waals surface area contributed by atoms with Crippen LogP contribution in [0.2, 0.25) is 0 Å². The fourth-order valence-corrected chi connectivity index (χ4v) is 3.79. The van der Waals surface area contributed by atoms with Crippen LogP contribution in [0.25, 0.3) is 0 Å². The van der Waals surface area contributed by atoms with Gasteiger partial charge in [0.15, 0.2) is 0 Å². The third-order valence-corrected chi connectivity index (χ3v) is 4.77. The lowest BCUT2D eigenvalue weighted by molar-refractivity contribution is -0.145. The van der Waals surface area contributed by atoms with Gasteiger partial charge < -0.3 is 10.0 Å². The Morgan fingerprint density at radius 1 is 1.20 bits per heavy atom. The highest BCUT2D eigenvalue weighted by Gasteiger charge is 2.35. The molecule has 0 bridgehead atoms. The molecule has 2 fully saturated rings. The van der Waals surface area contributed by atoms with E-state index in [2.05, 4.69) is 13.8 Å². The van der Waals surface area contributed by atoms with E-state index in [0.29, 0.717) is 18.3 Å². The first-order valence-corrected chi connectivity index (χ1v) is 7.99. The van der Waals surface area contributed by atoms with Gasteiger partial charge in [0.25, 0.3) is 0 Å². The number of rotatable bonds is 4. The first-order valence-electron chi connectivity index (χ1n) is 7.99. The van der Waals surface area contributed by atoms with Crippen molar-refractivity contribution >= 4 is 11.9 Å². The van der Waals surface area contributed by atoms with E-state index in [1.807, 2.05) is 4.90 Å². The zero-order chi connectivity index (χ0) is 14.7. The predicted molar refractivity (Wildman–Crippen MR) is 77.2 cm³/mol. The molecule has 0 aromatic rings. The van der Waals surface area contributed by atoms with Crippen molar-refractivity contribution in [1.82, 2.24) is 4.90 Å². The van der Waals surface area contributed by atoms with E-state index in [9.17, 15) is 9.59 Å². The Hall–Kier alpha value is -1.06. The first kappa shape index (κ1) is 15.3. The summed E-state index contributed by atoms with van der Waals surface area (Å²) >= 11 is 0. The number of hydrogen-bond donors (Lipinski definition) is 1. The Morgan fingerprint density at radius 2 is 1.90 bits per heavy atom. The Balaban J connectivity index is 1.87. The van der Waals surface area contributed by atoms with Gasteiger partial charge in [-0.05, 0) is 43.9 Å². The molecule has 0 radical (unpaired) electrons. The van der Waals surface area contributed by atoms with Crippen LogP contribution in [0.3, 0.4) is 0 Å². The zero-order valence-corrected chi connectivity index (χ0v) is 12.7. The molecule has 1 aliphatic heterocycles. The molecule has 0 aromatic heterocycles. The van der Waals surface area contributed by atoms with Crippen LogP contribution in [-0.2, 0) is 9.59 Å². The number of likely N-dealkylation sites (tertiary alicyclic amines) is 1. The number of carbonyl (C=O) groups excluding carboxylic acids is 1. The highest BCUT2D eigenvalue weighted by atomic mass is 16.4. The third-order valence-electron chi connectivity index (χ3n) is 4.77. The summed E-state index contributed by atoms with van der Waals surface area (Å²) in [5.74, 6) is 0.428. The molecule has 1 aliphatic carbocycles. The van der Waals surface area contributed by atoms with Crippen molar-refractivity contribution in [2.24, 2.45) is 23.7 Å². The molecule has 1 amide bonds. The quantitative estimate of drug-likeness (QED) is 0.862. The topological polar surface area (TPSA) is 57.6 Å². The molecule has 114 valence electrons. The number of carboxylic acids is 1. The van der Waals surface area contributed by atoms with Gasteiger partial charge in [0, 0.05) is 19.0 Å². The first-order chi connectivity index (χ1) is 9.47. The summed E-state index contributed by atoms with van der Waals surface area (Å²) in [7, 11) is 0. The number of amides is 1. The highest BCUT2D eigenvalue weighted by molar-refractivity contribution is 5.80. The van der Waals surface area contributed by atoms with E-state index >= 15 is 0 Å². The van der Waals surface area contributed by atoms with Crippen LogP contribution in [-0.4, -0.2) is 35.0 Å². The summed E-state index contributed by atoms with van der Waals surface area (Å²) in [5.41, 5.74) is 0. The number of aliphatic carboxylic acids is 1. The summed E-state index contributed by atoms with van der Waals surface area (Å²) < 4.78 is 0. The van der Waals surface area contributed by atoms with E-state index in [1.54, 1.807) is 0 Å². The third kappa shape index (κ3) is 3.74. The van der Waals surface area contributed by atoms with E-state index in [-0.39, 0.29) is 17.7 Å². The summed E-state index contributed by atoms with van der Waals surface area (Å²) in [6, 6.07) is 0. The van der Waals surface area contributed by atoms with Crippen molar-refractivity contribution in [3.05, 3.63) is 0 Å². The number of carbonyl (C=O) groups is 2. The molecule has 3 unspecified atom stereocenters. The van der Waals surface area contributed by atoms with E-state index in [0.717, 1.165) is 38.8 Å². The summed E-state index contributed by atoms with van der Waals surface area (Å²) in [5, 5.41) is 9.12. The molecule has 3 atom stereocenters. The Bertz CT molecular complexity index is 367. The molecule has 2 rings (SSSR count). The van der Waals surface area contributed by atoms with Gasteiger partial charge in [-0.1, -0.05) is 20.3 Å². The number of carboxylic acid groups (broad SMARTS) is 1. The molecule has 1 N–H and O–H groups in total. The minimum atomic E-state index is -0.735. The lowest BCUT2D eigenvalue weighted by atomic mass is 9.81. The van der Waals surface area contributed by atoms with E-state index in [4.69, 9.17) is 5.11 Å². The standard InChI is InChI=1S/C16H27NO3/c1-11(2)8-12-6-7-17(10-12)15(18)13-4-3-5-14(9-13)16(19)20/h11-14H,3-10H2,1-2H3,(H,19,20). The Morgan fingerprint density at radius 3 is 2.55 bits per heavy atom. The maximum absolute atomic E-state index is 12.5. The second-order valence-electron chi connectivity index (χ2n) is 6.97. The van der Waals surface area contributed by atoms with Gasteiger partial charge in [-0.15, -0.1) is 0 Å². The van der Waals surface area contributed by atoms with Crippen molar-refractivity contribution < 1.29 is 14.7 Å². The molecule has 20 heavy (non-hydrogen) atoms. The van der Waals surface area contributed by atoms with Gasteiger partial charge in [-0.2, -0.15) is 0 Å². The van der Waals surface area contributed by atoms with Crippen molar-refractivity contribution in [2.45, 2.75) is 52.4 Å². The highest BCUT2D eigenvalue weighted by Crippen LogP contribution is 2.32. The normalized spacial score (nSPS) is 30.8. The van der Waals surface area contributed by atoms with Gasteiger partial charge in [-0.3, -0.25) is 9.59 Å². The number of nitrogens with zero attached hydrogens (tertiary/aromatic N) is 1. The minimum absolute atomic E-state index is 0.0531. The molecule has 1 saturated carbocycles. The van der Waals surface area contributed by atoms with E-state index in [1.165, 1.54) is 6.42 Å². The van der Waals surface area contributed by atoms with Crippen molar-refractivity contribution in [3.63, 3.8) is 0 Å². The second kappa shape index (κ2) is 6.59. The van der Waals surface area contributed by atoms with Gasteiger partial charge in [0.1, 0.15) is 0 Å². The fourth-order valence-electron chi connectivity index (χ4n) is 3.79. The van der Waals surface area contributed by atoms with Crippen molar-refractivity contribution in [3.8, 4) is 0 Å². The average molecular weight is 281 g/mol. The predicted octanol–water partition coefficient (Wildman–Crippen LogP) is 2.77. The lowest BCUT2D eigenvalue weighted by Gasteiger charge is -2.29. The summed E-state index contributed by atoms with van der Waals surface area (Å²) in [6.07, 6.45) is 5.31. The summed E-state index contributed by atoms with van der Waals surface area (Å²) in [6.45, 7) is 6.20. The fraction of sp³-hybridized carbons (Fsp3) is 0.875. The molecule has 2 aliphatic rings. The average Bonchev–Trinajstić information content (AvgIpc) is 2.85. The maximum atomic E-state index is 12.5. The molecule has 1 saturated heterocycles. The molecule has 0 spiro atoms. The van der Waals surface area contributed by atoms with Crippen molar-refractivity contribution in [2.75, 3.05) is 13.1 Å². The van der Waals surface area contributed by atoms with Gasteiger partial charge in [-0.25, -0.2) is 0 Å². The largest absolute Gasteiger partial charge is 0.481 e. The van der Waals surface area contributed by atoms with Crippen LogP contribution in [0, 0.1) is 23.7 Å². The molecule has 4 nitrogen and oxygen atoms in total.